The second kappa shape index (κ2) is 7.80. The van der Waals surface area contributed by atoms with E-state index in [0.717, 1.165) is 39.7 Å². The molecule has 6 heteroatoms. The van der Waals surface area contributed by atoms with Crippen molar-refractivity contribution in [3.05, 3.63) is 65.7 Å². The lowest BCUT2D eigenvalue weighted by atomic mass is 10.0. The minimum absolute atomic E-state index is 0.0512. The van der Waals surface area contributed by atoms with Gasteiger partial charge in [0.15, 0.2) is 0 Å². The van der Waals surface area contributed by atoms with E-state index in [1.165, 1.54) is 0 Å². The van der Waals surface area contributed by atoms with E-state index in [1.807, 2.05) is 59.5 Å². The molecule has 0 aliphatic carbocycles. The monoisotopic (exact) mass is 401 g/mol. The lowest BCUT2D eigenvalue weighted by Crippen LogP contribution is -2.41. The SMILES string of the molecule is CCc1oc2ccccc2c1/C=C(/C(=O)N1CCOCC1)c1nc2ccccc2[nH]1. The number of H-pyrrole nitrogens is 1. The molecule has 2 aromatic heterocycles. The van der Waals surface area contributed by atoms with Gasteiger partial charge in [0.1, 0.15) is 17.2 Å². The summed E-state index contributed by atoms with van der Waals surface area (Å²) in [6.45, 7) is 4.30. The number of amides is 1. The van der Waals surface area contributed by atoms with Crippen molar-refractivity contribution in [1.29, 1.82) is 0 Å². The number of carbonyl (C=O) groups excluding carboxylic acids is 1. The zero-order chi connectivity index (χ0) is 20.5. The maximum atomic E-state index is 13.5. The highest BCUT2D eigenvalue weighted by molar-refractivity contribution is 6.24. The molecular formula is C24H23N3O3. The van der Waals surface area contributed by atoms with Gasteiger partial charge in [-0.25, -0.2) is 4.98 Å². The topological polar surface area (TPSA) is 71.4 Å². The molecule has 0 atom stereocenters. The highest BCUT2D eigenvalue weighted by Gasteiger charge is 2.25. The van der Waals surface area contributed by atoms with Gasteiger partial charge < -0.3 is 19.0 Å². The van der Waals surface area contributed by atoms with Crippen molar-refractivity contribution in [3.8, 4) is 0 Å². The van der Waals surface area contributed by atoms with Crippen molar-refractivity contribution in [2.45, 2.75) is 13.3 Å². The molecule has 1 aliphatic rings. The van der Waals surface area contributed by atoms with Gasteiger partial charge in [-0.3, -0.25) is 4.79 Å². The Labute approximate surface area is 174 Å². The van der Waals surface area contributed by atoms with Crippen molar-refractivity contribution < 1.29 is 13.9 Å². The van der Waals surface area contributed by atoms with Crippen LogP contribution in [0.4, 0.5) is 0 Å². The maximum absolute atomic E-state index is 13.5. The van der Waals surface area contributed by atoms with Crippen LogP contribution in [0.3, 0.4) is 0 Å². The molecule has 1 N–H and O–H groups in total. The third-order valence-electron chi connectivity index (χ3n) is 5.49. The Morgan fingerprint density at radius 2 is 1.90 bits per heavy atom. The van der Waals surface area contributed by atoms with Gasteiger partial charge in [0.25, 0.3) is 5.91 Å². The number of benzene rings is 2. The fraction of sp³-hybridized carbons (Fsp3) is 0.250. The summed E-state index contributed by atoms with van der Waals surface area (Å²) in [4.78, 5) is 23.4. The molecular weight excluding hydrogens is 378 g/mol. The van der Waals surface area contributed by atoms with Crippen LogP contribution in [0, 0.1) is 0 Å². The van der Waals surface area contributed by atoms with Crippen LogP contribution in [0.2, 0.25) is 0 Å². The summed E-state index contributed by atoms with van der Waals surface area (Å²) in [6.07, 6.45) is 2.67. The van der Waals surface area contributed by atoms with E-state index in [9.17, 15) is 4.79 Å². The van der Waals surface area contributed by atoms with Crippen LogP contribution in [0.25, 0.3) is 33.7 Å². The summed E-state index contributed by atoms with van der Waals surface area (Å²) in [5, 5.41) is 0.998. The number of ether oxygens (including phenoxy) is 1. The van der Waals surface area contributed by atoms with E-state index in [1.54, 1.807) is 0 Å². The van der Waals surface area contributed by atoms with Crippen molar-refractivity contribution in [2.75, 3.05) is 26.3 Å². The number of morpholine rings is 1. The Morgan fingerprint density at radius 1 is 1.13 bits per heavy atom. The van der Waals surface area contributed by atoms with Gasteiger partial charge in [-0.15, -0.1) is 0 Å². The molecule has 3 heterocycles. The van der Waals surface area contributed by atoms with E-state index in [-0.39, 0.29) is 5.91 Å². The van der Waals surface area contributed by atoms with Crippen molar-refractivity contribution in [2.24, 2.45) is 0 Å². The number of fused-ring (bicyclic) bond motifs is 2. The lowest BCUT2D eigenvalue weighted by molar-refractivity contribution is -0.128. The van der Waals surface area contributed by atoms with Crippen LogP contribution in [-0.4, -0.2) is 47.1 Å². The molecule has 0 bridgehead atoms. The fourth-order valence-corrected chi connectivity index (χ4v) is 3.93. The third kappa shape index (κ3) is 3.29. The summed E-state index contributed by atoms with van der Waals surface area (Å²) in [6, 6.07) is 15.7. The van der Waals surface area contributed by atoms with Crippen molar-refractivity contribution >= 4 is 39.6 Å². The minimum atomic E-state index is -0.0512. The first-order chi connectivity index (χ1) is 14.7. The van der Waals surface area contributed by atoms with E-state index in [0.29, 0.717) is 37.7 Å². The maximum Gasteiger partial charge on any atom is 0.257 e. The smallest absolute Gasteiger partial charge is 0.257 e. The number of furan rings is 1. The van der Waals surface area contributed by atoms with Crippen LogP contribution < -0.4 is 0 Å². The molecule has 152 valence electrons. The number of hydrogen-bond acceptors (Lipinski definition) is 4. The fourth-order valence-electron chi connectivity index (χ4n) is 3.93. The second-order valence-corrected chi connectivity index (χ2v) is 7.35. The van der Waals surface area contributed by atoms with Gasteiger partial charge in [0.2, 0.25) is 0 Å². The normalized spacial score (nSPS) is 15.2. The van der Waals surface area contributed by atoms with E-state index in [4.69, 9.17) is 14.1 Å². The molecule has 0 spiro atoms. The van der Waals surface area contributed by atoms with Crippen molar-refractivity contribution in [3.63, 3.8) is 0 Å². The van der Waals surface area contributed by atoms with Crippen LogP contribution >= 0.6 is 0 Å². The van der Waals surface area contributed by atoms with Gasteiger partial charge in [-0.05, 0) is 24.3 Å². The van der Waals surface area contributed by atoms with E-state index < -0.39 is 0 Å². The largest absolute Gasteiger partial charge is 0.460 e. The number of imidazole rings is 1. The van der Waals surface area contributed by atoms with Crippen LogP contribution in [0.15, 0.2) is 52.9 Å². The van der Waals surface area contributed by atoms with Gasteiger partial charge in [0.05, 0.1) is 29.8 Å². The third-order valence-corrected chi connectivity index (χ3v) is 5.49. The molecule has 0 saturated carbocycles. The predicted molar refractivity (Wildman–Crippen MR) is 117 cm³/mol. The zero-order valence-electron chi connectivity index (χ0n) is 16.9. The van der Waals surface area contributed by atoms with Gasteiger partial charge >= 0.3 is 0 Å². The van der Waals surface area contributed by atoms with E-state index >= 15 is 0 Å². The summed E-state index contributed by atoms with van der Waals surface area (Å²) in [7, 11) is 0. The van der Waals surface area contributed by atoms with Crippen LogP contribution in [-0.2, 0) is 16.0 Å². The van der Waals surface area contributed by atoms with Gasteiger partial charge in [0, 0.05) is 30.5 Å². The number of aromatic nitrogens is 2. The molecule has 5 rings (SSSR count). The number of nitrogens with zero attached hydrogens (tertiary/aromatic N) is 2. The Bertz CT molecular complexity index is 1210. The molecule has 1 amide bonds. The molecule has 30 heavy (non-hydrogen) atoms. The highest BCUT2D eigenvalue weighted by atomic mass is 16.5. The molecule has 1 saturated heterocycles. The number of aryl methyl sites for hydroxylation is 1. The van der Waals surface area contributed by atoms with Crippen LogP contribution in [0.1, 0.15) is 24.1 Å². The number of para-hydroxylation sites is 3. The molecule has 1 fully saturated rings. The van der Waals surface area contributed by atoms with Gasteiger partial charge in [-0.2, -0.15) is 0 Å². The Hall–Kier alpha value is -3.38. The lowest BCUT2D eigenvalue weighted by Gasteiger charge is -2.27. The minimum Gasteiger partial charge on any atom is -0.460 e. The summed E-state index contributed by atoms with van der Waals surface area (Å²) in [5.74, 6) is 1.38. The first-order valence-electron chi connectivity index (χ1n) is 10.3. The summed E-state index contributed by atoms with van der Waals surface area (Å²) < 4.78 is 11.5. The Kier molecular flexibility index (Phi) is 4.85. The molecule has 0 unspecified atom stereocenters. The van der Waals surface area contributed by atoms with Crippen LogP contribution in [0.5, 0.6) is 0 Å². The number of hydrogen-bond donors (Lipinski definition) is 1. The molecule has 6 nitrogen and oxygen atoms in total. The first-order valence-corrected chi connectivity index (χ1v) is 10.3. The molecule has 4 aromatic rings. The zero-order valence-corrected chi connectivity index (χ0v) is 16.9. The highest BCUT2D eigenvalue weighted by Crippen LogP contribution is 2.31. The van der Waals surface area contributed by atoms with Gasteiger partial charge in [-0.1, -0.05) is 37.3 Å². The molecule has 2 aromatic carbocycles. The molecule has 0 radical (unpaired) electrons. The first kappa shape index (κ1) is 18.6. The predicted octanol–water partition coefficient (Wildman–Crippen LogP) is 4.27. The van der Waals surface area contributed by atoms with Crippen molar-refractivity contribution in [1.82, 2.24) is 14.9 Å². The molecule has 1 aliphatic heterocycles. The number of rotatable bonds is 4. The summed E-state index contributed by atoms with van der Waals surface area (Å²) in [5.41, 5.74) is 4.03. The standard InChI is InChI=1S/C24H23N3O3/c1-2-21-17(16-7-3-6-10-22(16)30-21)15-18(24(28)27-11-13-29-14-12-27)23-25-19-8-4-5-9-20(19)26-23/h3-10,15H,2,11-14H2,1H3,(H,25,26)/b18-15+. The quantitative estimate of drug-likeness (QED) is 0.519. The summed E-state index contributed by atoms with van der Waals surface area (Å²) >= 11 is 0. The number of carbonyl (C=O) groups is 1. The Balaban J connectivity index is 1.69. The van der Waals surface area contributed by atoms with E-state index in [2.05, 4.69) is 11.9 Å². The second-order valence-electron chi connectivity index (χ2n) is 7.35. The average Bonchev–Trinajstić information content (AvgIpc) is 3.38. The Morgan fingerprint density at radius 3 is 2.70 bits per heavy atom. The number of nitrogens with one attached hydrogen (secondary N) is 1. The number of aromatic amines is 1. The average molecular weight is 401 g/mol.